The van der Waals surface area contributed by atoms with Crippen LogP contribution in [0.2, 0.25) is 0 Å². The summed E-state index contributed by atoms with van der Waals surface area (Å²) in [5.74, 6) is -0.125. The van der Waals surface area contributed by atoms with Crippen LogP contribution in [-0.4, -0.2) is 16.6 Å². The van der Waals surface area contributed by atoms with Crippen molar-refractivity contribution in [3.05, 3.63) is 41.9 Å². The van der Waals surface area contributed by atoms with Gasteiger partial charge in [0.15, 0.2) is 0 Å². The number of hydrogen-bond donors (Lipinski definition) is 0. The Bertz CT molecular complexity index is 485. The van der Waals surface area contributed by atoms with Gasteiger partial charge in [-0.2, -0.15) is 0 Å². The molecule has 0 saturated carbocycles. The van der Waals surface area contributed by atoms with Crippen LogP contribution in [0.5, 0.6) is 0 Å². The zero-order valence-electron chi connectivity index (χ0n) is 10.8. The van der Waals surface area contributed by atoms with E-state index in [1.165, 1.54) is 18.7 Å². The first kappa shape index (κ1) is 17.8. The Balaban J connectivity index is 0.000000360. The van der Waals surface area contributed by atoms with Gasteiger partial charge >= 0.3 is 0 Å². The van der Waals surface area contributed by atoms with Crippen LogP contribution in [0.1, 0.15) is 20.3 Å². The summed E-state index contributed by atoms with van der Waals surface area (Å²) in [5.41, 5.74) is 1.06. The second-order valence-electron chi connectivity index (χ2n) is 3.77. The maximum absolute atomic E-state index is 10.0. The van der Waals surface area contributed by atoms with Crippen LogP contribution in [0.4, 0.5) is 0 Å². The molecule has 3 nitrogen and oxygen atoms in total. The molecule has 2 aromatic rings. The van der Waals surface area contributed by atoms with Crippen molar-refractivity contribution in [1.82, 2.24) is 4.98 Å². The first-order valence-electron chi connectivity index (χ1n) is 5.53. The quantitative estimate of drug-likeness (QED) is 0.670. The molecule has 0 fully saturated rings. The van der Waals surface area contributed by atoms with E-state index in [4.69, 9.17) is 0 Å². The van der Waals surface area contributed by atoms with Crippen molar-refractivity contribution in [1.29, 1.82) is 0 Å². The Morgan fingerprint density at radius 3 is 2.16 bits per heavy atom. The van der Waals surface area contributed by atoms with E-state index in [9.17, 15) is 9.59 Å². The van der Waals surface area contributed by atoms with Crippen LogP contribution in [-0.2, 0) is 29.7 Å². The molecule has 0 bridgehead atoms. The molecule has 0 atom stereocenters. The van der Waals surface area contributed by atoms with Crippen molar-refractivity contribution in [3.63, 3.8) is 0 Å². The summed E-state index contributed by atoms with van der Waals surface area (Å²) in [4.78, 5) is 25.5. The van der Waals surface area contributed by atoms with Gasteiger partial charge in [0.1, 0.15) is 11.6 Å². The van der Waals surface area contributed by atoms with Crippen LogP contribution in [0.25, 0.3) is 10.6 Å². The van der Waals surface area contributed by atoms with E-state index < -0.39 is 0 Å². The minimum atomic E-state index is -0.0625. The van der Waals surface area contributed by atoms with Gasteiger partial charge in [-0.05, 0) is 37.4 Å². The van der Waals surface area contributed by atoms with Crippen molar-refractivity contribution in [2.75, 3.05) is 0 Å². The maximum atomic E-state index is 10.0. The molecular formula is C14H15IrNO2S. The summed E-state index contributed by atoms with van der Waals surface area (Å²) in [6, 6.07) is 10.1. The standard InChI is InChI=1S/C9H7NS.C5H8O2.Ir/c1-2-6-10-8(4-1)9-5-3-7-11-9;1-4(6)3-5(2)7;/h1-7H;3H2,1-2H3;. The smallest absolute Gasteiger partial charge is 0.137 e. The zero-order chi connectivity index (χ0) is 13.4. The van der Waals surface area contributed by atoms with Gasteiger partial charge < -0.3 is 0 Å². The Kier molecular flexibility index (Phi) is 9.13. The molecule has 0 aliphatic carbocycles. The number of hydrogen-bond acceptors (Lipinski definition) is 4. The van der Waals surface area contributed by atoms with Gasteiger partial charge in [-0.15, -0.1) is 11.3 Å². The number of carbonyl (C=O) groups is 2. The fourth-order valence-electron chi connectivity index (χ4n) is 1.28. The number of rotatable bonds is 3. The molecule has 0 saturated heterocycles. The summed E-state index contributed by atoms with van der Waals surface area (Å²) in [5, 5.41) is 2.06. The molecule has 0 aliphatic heterocycles. The fraction of sp³-hybridized carbons (Fsp3) is 0.214. The minimum Gasteiger partial charge on any atom is -0.300 e. The van der Waals surface area contributed by atoms with Gasteiger partial charge in [0.25, 0.3) is 0 Å². The van der Waals surface area contributed by atoms with Crippen molar-refractivity contribution in [2.24, 2.45) is 0 Å². The topological polar surface area (TPSA) is 47.0 Å². The number of carbonyl (C=O) groups excluding carboxylic acids is 2. The summed E-state index contributed by atoms with van der Waals surface area (Å²) in [7, 11) is 0. The molecule has 0 unspecified atom stereocenters. The molecule has 0 N–H and O–H groups in total. The van der Waals surface area contributed by atoms with E-state index in [0.717, 1.165) is 5.69 Å². The summed E-state index contributed by atoms with van der Waals surface area (Å²) in [6.07, 6.45) is 1.90. The second-order valence-corrected chi connectivity index (χ2v) is 4.72. The van der Waals surface area contributed by atoms with Crippen LogP contribution in [0.3, 0.4) is 0 Å². The first-order chi connectivity index (χ1) is 8.59. The third-order valence-corrected chi connectivity index (χ3v) is 2.83. The Labute approximate surface area is 130 Å². The van der Waals surface area contributed by atoms with Gasteiger partial charge in [0.2, 0.25) is 0 Å². The summed E-state index contributed by atoms with van der Waals surface area (Å²) < 4.78 is 0. The van der Waals surface area contributed by atoms with Gasteiger partial charge in [-0.3, -0.25) is 14.6 Å². The Morgan fingerprint density at radius 2 is 1.79 bits per heavy atom. The van der Waals surface area contributed by atoms with Crippen LogP contribution in [0, 0.1) is 0 Å². The molecule has 0 amide bonds. The third kappa shape index (κ3) is 7.77. The van der Waals surface area contributed by atoms with Gasteiger partial charge in [-0.1, -0.05) is 12.1 Å². The monoisotopic (exact) mass is 454 g/mol. The van der Waals surface area contributed by atoms with Crippen LogP contribution >= 0.6 is 11.3 Å². The minimum absolute atomic E-state index is 0. The van der Waals surface area contributed by atoms with Gasteiger partial charge in [0.05, 0.1) is 17.0 Å². The molecule has 2 aromatic heterocycles. The number of pyridine rings is 1. The number of thiophene rings is 1. The molecule has 0 aromatic carbocycles. The average Bonchev–Trinajstić information content (AvgIpc) is 2.82. The molecule has 2 rings (SSSR count). The normalized spacial score (nSPS) is 8.74. The molecule has 0 aliphatic rings. The van der Waals surface area contributed by atoms with E-state index >= 15 is 0 Å². The van der Waals surface area contributed by atoms with Crippen LogP contribution in [0.15, 0.2) is 41.9 Å². The van der Waals surface area contributed by atoms with Gasteiger partial charge in [0, 0.05) is 26.3 Å². The predicted octanol–water partition coefficient (Wildman–Crippen LogP) is 3.36. The molecule has 0 spiro atoms. The largest absolute Gasteiger partial charge is 0.300 e. The maximum Gasteiger partial charge on any atom is 0.137 e. The molecule has 1 radical (unpaired) electrons. The number of nitrogens with zero attached hydrogens (tertiary/aromatic N) is 1. The Morgan fingerprint density at radius 1 is 1.11 bits per heavy atom. The predicted molar refractivity (Wildman–Crippen MR) is 73.5 cm³/mol. The number of ketones is 2. The second kappa shape index (κ2) is 9.73. The molecule has 19 heavy (non-hydrogen) atoms. The van der Waals surface area contributed by atoms with E-state index in [-0.39, 0.29) is 38.1 Å². The number of aromatic nitrogens is 1. The first-order valence-corrected chi connectivity index (χ1v) is 6.41. The van der Waals surface area contributed by atoms with E-state index in [0.29, 0.717) is 0 Å². The van der Waals surface area contributed by atoms with E-state index in [1.54, 1.807) is 11.3 Å². The van der Waals surface area contributed by atoms with Crippen molar-refractivity contribution < 1.29 is 29.7 Å². The van der Waals surface area contributed by atoms with E-state index in [2.05, 4.69) is 16.4 Å². The zero-order valence-corrected chi connectivity index (χ0v) is 14.0. The third-order valence-electron chi connectivity index (χ3n) is 1.94. The molecule has 103 valence electrons. The number of Topliss-reactive ketones (excluding diaryl/α,β-unsaturated/α-hetero) is 2. The van der Waals surface area contributed by atoms with E-state index in [1.807, 2.05) is 30.5 Å². The average molecular weight is 454 g/mol. The van der Waals surface area contributed by atoms with Crippen molar-refractivity contribution >= 4 is 22.9 Å². The van der Waals surface area contributed by atoms with Crippen LogP contribution < -0.4 is 0 Å². The molecular weight excluding hydrogens is 438 g/mol. The van der Waals surface area contributed by atoms with Gasteiger partial charge in [-0.25, -0.2) is 0 Å². The SMILES string of the molecule is CC(=O)CC(C)=O.[Ir].c1ccc(-c2cccs2)nc1. The molecule has 5 heteroatoms. The van der Waals surface area contributed by atoms with Crippen molar-refractivity contribution in [2.45, 2.75) is 20.3 Å². The molecule has 2 heterocycles. The van der Waals surface area contributed by atoms with Crippen molar-refractivity contribution in [3.8, 4) is 10.6 Å². The summed E-state index contributed by atoms with van der Waals surface area (Å²) in [6.45, 7) is 2.81. The summed E-state index contributed by atoms with van der Waals surface area (Å²) >= 11 is 1.71. The Hall–Kier alpha value is -1.16. The fourth-order valence-corrected chi connectivity index (χ4v) is 1.99.